The van der Waals surface area contributed by atoms with E-state index in [0.717, 1.165) is 32.1 Å². The van der Waals surface area contributed by atoms with E-state index in [1.165, 1.54) is 21.7 Å². The van der Waals surface area contributed by atoms with Gasteiger partial charge in [-0.05, 0) is 73.9 Å². The van der Waals surface area contributed by atoms with E-state index in [1.54, 1.807) is 43.3 Å². The molecule has 0 radical (unpaired) electrons. The number of hydrogen-bond donors (Lipinski definition) is 2. The third-order valence-electron chi connectivity index (χ3n) is 7.30. The van der Waals surface area contributed by atoms with E-state index in [1.807, 2.05) is 24.3 Å². The van der Waals surface area contributed by atoms with Crippen LogP contribution in [-0.4, -0.2) is 50.5 Å². The van der Waals surface area contributed by atoms with Gasteiger partial charge in [0.25, 0.3) is 0 Å². The number of rotatable bonds is 9. The van der Waals surface area contributed by atoms with Crippen molar-refractivity contribution in [2.45, 2.75) is 57.7 Å². The molecular formula is C31H33N5O5. The largest absolute Gasteiger partial charge is 0.508 e. The van der Waals surface area contributed by atoms with Gasteiger partial charge in [-0.15, -0.1) is 5.10 Å². The van der Waals surface area contributed by atoms with Gasteiger partial charge < -0.3 is 15.2 Å². The fourth-order valence-corrected chi connectivity index (χ4v) is 5.25. The highest BCUT2D eigenvalue weighted by Gasteiger charge is 2.34. The molecule has 3 aromatic carbocycles. The summed E-state index contributed by atoms with van der Waals surface area (Å²) >= 11 is 0. The number of ether oxygens (including phenoxy) is 1. The number of phenols is 1. The SMILES string of the molecule is CCOC(=O)c1ccc(N(C(=O)Cn2nnc3ccccc32)[C@@H](C(=O)NC2CCCCC2)c2ccc(O)cc2)cc1. The molecule has 41 heavy (non-hydrogen) atoms. The lowest BCUT2D eigenvalue weighted by molar-refractivity contribution is -0.127. The molecule has 2 N–H and O–H groups in total. The number of nitrogens with one attached hydrogen (secondary N) is 1. The molecule has 10 heteroatoms. The summed E-state index contributed by atoms with van der Waals surface area (Å²) in [5, 5.41) is 21.5. The van der Waals surface area contributed by atoms with Crippen LogP contribution < -0.4 is 10.2 Å². The molecule has 1 atom stereocenters. The smallest absolute Gasteiger partial charge is 0.338 e. The summed E-state index contributed by atoms with van der Waals surface area (Å²) in [6.45, 7) is 1.79. The first-order valence-corrected chi connectivity index (χ1v) is 13.9. The van der Waals surface area contributed by atoms with Crippen LogP contribution in [0, 0.1) is 0 Å². The maximum absolute atomic E-state index is 14.2. The summed E-state index contributed by atoms with van der Waals surface area (Å²) in [5.74, 6) is -1.16. The molecule has 1 aromatic heterocycles. The van der Waals surface area contributed by atoms with Crippen molar-refractivity contribution in [1.29, 1.82) is 0 Å². The van der Waals surface area contributed by atoms with Gasteiger partial charge in [-0.1, -0.05) is 48.7 Å². The lowest BCUT2D eigenvalue weighted by Crippen LogP contribution is -2.48. The third-order valence-corrected chi connectivity index (χ3v) is 7.30. The molecule has 1 saturated carbocycles. The van der Waals surface area contributed by atoms with Crippen LogP contribution in [-0.2, 0) is 20.9 Å². The summed E-state index contributed by atoms with van der Waals surface area (Å²) in [4.78, 5) is 41.9. The summed E-state index contributed by atoms with van der Waals surface area (Å²) in [6.07, 6.45) is 4.96. The quantitative estimate of drug-likeness (QED) is 0.290. The Balaban J connectivity index is 1.56. The van der Waals surface area contributed by atoms with Gasteiger partial charge in [0.2, 0.25) is 11.8 Å². The zero-order valence-electron chi connectivity index (χ0n) is 22.9. The maximum atomic E-state index is 14.2. The van der Waals surface area contributed by atoms with Gasteiger partial charge >= 0.3 is 5.97 Å². The van der Waals surface area contributed by atoms with E-state index in [9.17, 15) is 19.5 Å². The number of hydrogen-bond acceptors (Lipinski definition) is 7. The van der Waals surface area contributed by atoms with Crippen molar-refractivity contribution in [3.8, 4) is 5.75 Å². The summed E-state index contributed by atoms with van der Waals surface area (Å²) < 4.78 is 6.62. The normalized spacial score (nSPS) is 14.4. The molecule has 5 rings (SSSR count). The molecule has 0 saturated heterocycles. The van der Waals surface area contributed by atoms with E-state index < -0.39 is 17.9 Å². The first-order valence-electron chi connectivity index (χ1n) is 13.9. The Bertz CT molecular complexity index is 1510. The molecule has 0 spiro atoms. The number of carbonyl (C=O) groups excluding carboxylic acids is 3. The number of nitrogens with zero attached hydrogens (tertiary/aromatic N) is 4. The fraction of sp³-hybridized carbons (Fsp3) is 0.323. The minimum absolute atomic E-state index is 0.0123. The second-order valence-electron chi connectivity index (χ2n) is 10.1. The van der Waals surface area contributed by atoms with Gasteiger partial charge in [0.15, 0.2) is 0 Å². The number of esters is 1. The second kappa shape index (κ2) is 12.6. The van der Waals surface area contributed by atoms with E-state index in [-0.39, 0.29) is 30.9 Å². The van der Waals surface area contributed by atoms with Crippen molar-refractivity contribution >= 4 is 34.5 Å². The van der Waals surface area contributed by atoms with Crippen molar-refractivity contribution < 1.29 is 24.2 Å². The van der Waals surface area contributed by atoms with Crippen LogP contribution in [0.15, 0.2) is 72.8 Å². The molecule has 1 aliphatic carbocycles. The monoisotopic (exact) mass is 555 g/mol. The van der Waals surface area contributed by atoms with Crippen molar-refractivity contribution in [3.05, 3.63) is 83.9 Å². The number of para-hydroxylation sites is 1. The number of anilines is 1. The van der Waals surface area contributed by atoms with Crippen LogP contribution in [0.25, 0.3) is 11.0 Å². The number of aromatic nitrogens is 3. The number of carbonyl (C=O) groups is 3. The maximum Gasteiger partial charge on any atom is 0.338 e. The number of amides is 2. The lowest BCUT2D eigenvalue weighted by Gasteiger charge is -2.33. The van der Waals surface area contributed by atoms with E-state index in [0.29, 0.717) is 27.8 Å². The average molecular weight is 556 g/mol. The van der Waals surface area contributed by atoms with Crippen LogP contribution >= 0.6 is 0 Å². The Kier molecular flexibility index (Phi) is 8.57. The first-order chi connectivity index (χ1) is 19.9. The molecule has 1 heterocycles. The molecular weight excluding hydrogens is 522 g/mol. The van der Waals surface area contributed by atoms with Crippen LogP contribution in [0.3, 0.4) is 0 Å². The molecule has 1 fully saturated rings. The van der Waals surface area contributed by atoms with Crippen molar-refractivity contribution in [2.75, 3.05) is 11.5 Å². The number of benzene rings is 3. The predicted molar refractivity (Wildman–Crippen MR) is 153 cm³/mol. The number of fused-ring (bicyclic) bond motifs is 1. The predicted octanol–water partition coefficient (Wildman–Crippen LogP) is 4.54. The molecule has 212 valence electrons. The van der Waals surface area contributed by atoms with Gasteiger partial charge in [-0.3, -0.25) is 14.5 Å². The van der Waals surface area contributed by atoms with Crippen molar-refractivity contribution in [1.82, 2.24) is 20.3 Å². The average Bonchev–Trinajstić information content (AvgIpc) is 3.39. The molecule has 1 aliphatic rings. The molecule has 4 aromatic rings. The molecule has 0 bridgehead atoms. The second-order valence-corrected chi connectivity index (χ2v) is 10.1. The van der Waals surface area contributed by atoms with Gasteiger partial charge in [0.05, 0.1) is 17.7 Å². The van der Waals surface area contributed by atoms with Gasteiger partial charge in [0, 0.05) is 11.7 Å². The van der Waals surface area contributed by atoms with Crippen molar-refractivity contribution in [2.24, 2.45) is 0 Å². The van der Waals surface area contributed by atoms with Gasteiger partial charge in [0.1, 0.15) is 23.9 Å². The van der Waals surface area contributed by atoms with E-state index in [2.05, 4.69) is 15.6 Å². The molecule has 2 amide bonds. The topological polar surface area (TPSA) is 127 Å². The number of phenolic OH excluding ortho intramolecular Hbond substituents is 1. The zero-order chi connectivity index (χ0) is 28.8. The van der Waals surface area contributed by atoms with Crippen LogP contribution in [0.4, 0.5) is 5.69 Å². The van der Waals surface area contributed by atoms with E-state index >= 15 is 0 Å². The first kappa shape index (κ1) is 27.8. The van der Waals surface area contributed by atoms with Crippen LogP contribution in [0.2, 0.25) is 0 Å². The highest BCUT2D eigenvalue weighted by molar-refractivity contribution is 6.02. The Morgan fingerprint density at radius 2 is 1.71 bits per heavy atom. The lowest BCUT2D eigenvalue weighted by atomic mass is 9.94. The molecule has 0 unspecified atom stereocenters. The standard InChI is InChI=1S/C31H33N5O5/c1-2-41-31(40)22-12-16-24(17-13-22)36(28(38)20-35-27-11-7-6-10-26(27)33-34-35)29(21-14-18-25(37)19-15-21)30(39)32-23-8-4-3-5-9-23/h6-7,10-19,23,29,37H,2-5,8-9,20H2,1H3,(H,32,39)/t29-/m1/s1. The van der Waals surface area contributed by atoms with Crippen LogP contribution in [0.5, 0.6) is 5.75 Å². The Morgan fingerprint density at radius 3 is 2.41 bits per heavy atom. The minimum atomic E-state index is -1.05. The van der Waals surface area contributed by atoms with Gasteiger partial charge in [-0.25, -0.2) is 9.48 Å². The molecule has 10 nitrogen and oxygen atoms in total. The van der Waals surface area contributed by atoms with Crippen molar-refractivity contribution in [3.63, 3.8) is 0 Å². The Labute approximate surface area is 237 Å². The summed E-state index contributed by atoms with van der Waals surface area (Å²) in [6, 6.07) is 19.0. The van der Waals surface area contributed by atoms with Crippen LogP contribution in [0.1, 0.15) is 61.0 Å². The summed E-state index contributed by atoms with van der Waals surface area (Å²) in [5.41, 5.74) is 2.62. The highest BCUT2D eigenvalue weighted by Crippen LogP contribution is 2.31. The Morgan fingerprint density at radius 1 is 1.00 bits per heavy atom. The minimum Gasteiger partial charge on any atom is -0.508 e. The molecule has 0 aliphatic heterocycles. The zero-order valence-corrected chi connectivity index (χ0v) is 22.9. The Hall–Kier alpha value is -4.73. The third kappa shape index (κ3) is 6.37. The highest BCUT2D eigenvalue weighted by atomic mass is 16.5. The fourth-order valence-electron chi connectivity index (χ4n) is 5.25. The number of aromatic hydroxyl groups is 1. The van der Waals surface area contributed by atoms with Gasteiger partial charge in [-0.2, -0.15) is 0 Å². The summed E-state index contributed by atoms with van der Waals surface area (Å²) in [7, 11) is 0. The van der Waals surface area contributed by atoms with E-state index in [4.69, 9.17) is 4.74 Å².